The van der Waals surface area contributed by atoms with Gasteiger partial charge in [0, 0.05) is 16.1 Å². The molecule has 106 valence electrons. The van der Waals surface area contributed by atoms with Crippen LogP contribution in [-0.4, -0.2) is 19.9 Å². The topological polar surface area (TPSA) is 99.9 Å². The largest absolute Gasteiger partial charge is 0.381 e. The number of nitrogens with two attached hydrogens (primary N) is 1. The first-order valence-corrected chi connectivity index (χ1v) is 6.90. The van der Waals surface area contributed by atoms with Crippen molar-refractivity contribution in [2.24, 2.45) is 0 Å². The Labute approximate surface area is 124 Å². The quantitative estimate of drug-likeness (QED) is 0.681. The number of nitrogen functional groups attached to an aromatic ring is 1. The number of hydrogen-bond donors (Lipinski definition) is 1. The lowest BCUT2D eigenvalue weighted by molar-refractivity contribution is -0.385. The van der Waals surface area contributed by atoms with E-state index in [-0.39, 0.29) is 5.69 Å². The Hall–Kier alpha value is -1.96. The van der Waals surface area contributed by atoms with Crippen molar-refractivity contribution >= 4 is 27.4 Å². The highest BCUT2D eigenvalue weighted by molar-refractivity contribution is 9.10. The predicted molar refractivity (Wildman–Crippen MR) is 78.9 cm³/mol. The van der Waals surface area contributed by atoms with Crippen LogP contribution in [0.3, 0.4) is 0 Å². The summed E-state index contributed by atoms with van der Waals surface area (Å²) in [7, 11) is 0. The van der Waals surface area contributed by atoms with Crippen molar-refractivity contribution in [1.82, 2.24) is 15.0 Å². The summed E-state index contributed by atoms with van der Waals surface area (Å²) in [5.41, 5.74) is 7.74. The van der Waals surface area contributed by atoms with Gasteiger partial charge >= 0.3 is 0 Å². The number of aromatic nitrogens is 3. The molecular formula is C12H14BrN5O2. The minimum absolute atomic E-state index is 0.0414. The summed E-state index contributed by atoms with van der Waals surface area (Å²) in [6.45, 7) is 3.71. The van der Waals surface area contributed by atoms with E-state index in [0.29, 0.717) is 28.0 Å². The molecule has 0 aliphatic heterocycles. The van der Waals surface area contributed by atoms with Crippen molar-refractivity contribution in [2.45, 2.75) is 26.7 Å². The minimum atomic E-state index is -0.412. The number of anilines is 1. The molecule has 1 aromatic carbocycles. The Morgan fingerprint density at radius 2 is 2.20 bits per heavy atom. The number of aryl methyl sites for hydroxylation is 1. The monoisotopic (exact) mass is 339 g/mol. The van der Waals surface area contributed by atoms with Crippen molar-refractivity contribution in [1.29, 1.82) is 0 Å². The van der Waals surface area contributed by atoms with Gasteiger partial charge in [-0.2, -0.15) is 0 Å². The third-order valence-electron chi connectivity index (χ3n) is 2.97. The second kappa shape index (κ2) is 5.58. The van der Waals surface area contributed by atoms with E-state index < -0.39 is 4.92 Å². The van der Waals surface area contributed by atoms with E-state index >= 15 is 0 Å². The van der Waals surface area contributed by atoms with Crippen LogP contribution in [0, 0.1) is 17.0 Å². The highest BCUT2D eigenvalue weighted by Gasteiger charge is 2.19. The van der Waals surface area contributed by atoms with Crippen LogP contribution in [-0.2, 0) is 6.42 Å². The van der Waals surface area contributed by atoms with Crippen LogP contribution < -0.4 is 5.73 Å². The molecule has 0 radical (unpaired) electrons. The molecule has 0 fully saturated rings. The van der Waals surface area contributed by atoms with E-state index in [2.05, 4.69) is 26.2 Å². The number of halogens is 1. The molecule has 0 saturated heterocycles. The van der Waals surface area contributed by atoms with Gasteiger partial charge < -0.3 is 5.73 Å². The molecule has 2 aromatic rings. The average Bonchev–Trinajstić information content (AvgIpc) is 2.72. The average molecular weight is 340 g/mol. The molecule has 7 nitrogen and oxygen atoms in total. The molecule has 1 aromatic heterocycles. The van der Waals surface area contributed by atoms with Crippen LogP contribution in [0.15, 0.2) is 16.6 Å². The molecule has 0 aliphatic rings. The number of nitro groups is 1. The van der Waals surface area contributed by atoms with Gasteiger partial charge in [0.1, 0.15) is 0 Å². The predicted octanol–water partition coefficient (Wildman–Crippen LogP) is 2.78. The molecule has 2 N–H and O–H groups in total. The Morgan fingerprint density at radius 3 is 2.80 bits per heavy atom. The third-order valence-corrected chi connectivity index (χ3v) is 3.61. The zero-order chi connectivity index (χ0) is 14.9. The molecule has 0 unspecified atom stereocenters. The lowest BCUT2D eigenvalue weighted by Gasteiger charge is -2.09. The second-order valence-corrected chi connectivity index (χ2v) is 5.28. The maximum absolute atomic E-state index is 11.1. The normalized spacial score (nSPS) is 10.8. The summed E-state index contributed by atoms with van der Waals surface area (Å²) in [6, 6.07) is 3.17. The smallest absolute Gasteiger partial charge is 0.274 e. The molecule has 2 rings (SSSR count). The number of nitrogens with zero attached hydrogens (tertiary/aromatic N) is 4. The molecule has 1 heterocycles. The first kappa shape index (κ1) is 14.4. The van der Waals surface area contributed by atoms with Crippen molar-refractivity contribution in [3.05, 3.63) is 38.0 Å². The second-order valence-electron chi connectivity index (χ2n) is 4.43. The Bertz CT molecular complexity index is 668. The van der Waals surface area contributed by atoms with E-state index in [1.54, 1.807) is 17.7 Å². The standard InChI is InChI=1S/C12H14BrN5O2/c1-3-4-9-12(14)15-16-17(9)11-6-10(18(19)20)7(2)5-8(11)13/h5-6H,3-4,14H2,1-2H3. The molecule has 0 aliphatic carbocycles. The highest BCUT2D eigenvalue weighted by Crippen LogP contribution is 2.30. The number of nitro benzene ring substituents is 1. The van der Waals surface area contributed by atoms with Gasteiger partial charge in [0.25, 0.3) is 5.69 Å². The first-order valence-electron chi connectivity index (χ1n) is 6.10. The van der Waals surface area contributed by atoms with Crippen molar-refractivity contribution < 1.29 is 4.92 Å². The molecule has 8 heteroatoms. The van der Waals surface area contributed by atoms with Gasteiger partial charge in [-0.25, -0.2) is 4.68 Å². The van der Waals surface area contributed by atoms with Gasteiger partial charge in [0.05, 0.1) is 16.3 Å². The van der Waals surface area contributed by atoms with E-state index in [9.17, 15) is 10.1 Å². The number of hydrogen-bond acceptors (Lipinski definition) is 5. The Kier molecular flexibility index (Phi) is 4.03. The van der Waals surface area contributed by atoms with Crippen LogP contribution in [0.1, 0.15) is 24.6 Å². The van der Waals surface area contributed by atoms with Crippen molar-refractivity contribution in [3.8, 4) is 5.69 Å². The number of rotatable bonds is 4. The van der Waals surface area contributed by atoms with Gasteiger partial charge in [-0.05, 0) is 35.3 Å². The van der Waals surface area contributed by atoms with E-state index in [1.807, 2.05) is 6.92 Å². The van der Waals surface area contributed by atoms with E-state index in [4.69, 9.17) is 5.73 Å². The van der Waals surface area contributed by atoms with Gasteiger partial charge in [0.2, 0.25) is 0 Å². The summed E-state index contributed by atoms with van der Waals surface area (Å²) in [5, 5.41) is 18.9. The third kappa shape index (κ3) is 2.51. The lowest BCUT2D eigenvalue weighted by Crippen LogP contribution is -2.06. The maximum Gasteiger partial charge on any atom is 0.274 e. The fraction of sp³-hybridized carbons (Fsp3) is 0.333. The molecule has 0 atom stereocenters. The van der Waals surface area contributed by atoms with Gasteiger partial charge in [-0.1, -0.05) is 18.6 Å². The summed E-state index contributed by atoms with van der Waals surface area (Å²) >= 11 is 3.41. The molecule has 0 bridgehead atoms. The molecule has 0 saturated carbocycles. The zero-order valence-corrected chi connectivity index (χ0v) is 12.7. The zero-order valence-electron chi connectivity index (χ0n) is 11.1. The van der Waals surface area contributed by atoms with Gasteiger partial charge in [-0.15, -0.1) is 5.10 Å². The molecule has 20 heavy (non-hydrogen) atoms. The van der Waals surface area contributed by atoms with Crippen LogP contribution >= 0.6 is 15.9 Å². The molecule has 0 spiro atoms. The van der Waals surface area contributed by atoms with Crippen LogP contribution in [0.5, 0.6) is 0 Å². The fourth-order valence-corrected chi connectivity index (χ4v) is 2.61. The van der Waals surface area contributed by atoms with Gasteiger partial charge in [0.15, 0.2) is 5.82 Å². The van der Waals surface area contributed by atoms with E-state index in [1.165, 1.54) is 6.07 Å². The maximum atomic E-state index is 11.1. The van der Waals surface area contributed by atoms with Crippen LogP contribution in [0.2, 0.25) is 0 Å². The molecule has 0 amide bonds. The summed E-state index contributed by atoms with van der Waals surface area (Å²) < 4.78 is 2.26. The van der Waals surface area contributed by atoms with Crippen LogP contribution in [0.25, 0.3) is 5.69 Å². The summed E-state index contributed by atoms with van der Waals surface area (Å²) in [5.74, 6) is 0.349. The van der Waals surface area contributed by atoms with Crippen LogP contribution in [0.4, 0.5) is 11.5 Å². The number of benzene rings is 1. The Balaban J connectivity index is 2.63. The molecular weight excluding hydrogens is 326 g/mol. The lowest BCUT2D eigenvalue weighted by atomic mass is 10.1. The van der Waals surface area contributed by atoms with Crippen molar-refractivity contribution in [3.63, 3.8) is 0 Å². The first-order chi connectivity index (χ1) is 9.45. The highest BCUT2D eigenvalue weighted by atomic mass is 79.9. The van der Waals surface area contributed by atoms with Crippen molar-refractivity contribution in [2.75, 3.05) is 5.73 Å². The minimum Gasteiger partial charge on any atom is -0.381 e. The summed E-state index contributed by atoms with van der Waals surface area (Å²) in [6.07, 6.45) is 1.58. The summed E-state index contributed by atoms with van der Waals surface area (Å²) in [4.78, 5) is 10.6. The SMILES string of the molecule is CCCc1c(N)nnn1-c1cc([N+](=O)[O-])c(C)cc1Br. The Morgan fingerprint density at radius 1 is 1.50 bits per heavy atom. The van der Waals surface area contributed by atoms with E-state index in [0.717, 1.165) is 12.1 Å². The fourth-order valence-electron chi connectivity index (χ4n) is 1.99. The van der Waals surface area contributed by atoms with Gasteiger partial charge in [-0.3, -0.25) is 10.1 Å².